The maximum absolute atomic E-state index is 13.1. The van der Waals surface area contributed by atoms with Crippen LogP contribution >= 0.6 is 0 Å². The van der Waals surface area contributed by atoms with Gasteiger partial charge in [0.15, 0.2) is 0 Å². The van der Waals surface area contributed by atoms with Crippen LogP contribution in [0.15, 0.2) is 29.2 Å². The van der Waals surface area contributed by atoms with Gasteiger partial charge in [-0.3, -0.25) is 14.9 Å². The van der Waals surface area contributed by atoms with Gasteiger partial charge in [0.05, 0.1) is 16.3 Å². The summed E-state index contributed by atoms with van der Waals surface area (Å²) in [5.74, 6) is -0.266. The molecular formula is C18H22N4O5S. The van der Waals surface area contributed by atoms with Gasteiger partial charge in [-0.1, -0.05) is 19.1 Å². The predicted octanol–water partition coefficient (Wildman–Crippen LogP) is 2.52. The number of benzene rings is 1. The van der Waals surface area contributed by atoms with Gasteiger partial charge in [0, 0.05) is 19.2 Å². The smallest absolute Gasteiger partial charge is 0.266 e. The Balaban J connectivity index is 2.03. The highest BCUT2D eigenvalue weighted by molar-refractivity contribution is 7.89. The minimum atomic E-state index is -3.80. The first-order chi connectivity index (χ1) is 13.1. The van der Waals surface area contributed by atoms with Crippen LogP contribution in [0, 0.1) is 29.9 Å². The third-order valence-corrected chi connectivity index (χ3v) is 7.24. The Hall–Kier alpha value is -2.59. The molecule has 1 fully saturated rings. The van der Waals surface area contributed by atoms with Gasteiger partial charge < -0.3 is 0 Å². The highest BCUT2D eigenvalue weighted by Gasteiger charge is 2.34. The lowest BCUT2D eigenvalue weighted by atomic mass is 10.0. The van der Waals surface area contributed by atoms with Crippen molar-refractivity contribution >= 4 is 21.6 Å². The molecule has 0 aliphatic carbocycles. The predicted molar refractivity (Wildman–Crippen MR) is 102 cm³/mol. The van der Waals surface area contributed by atoms with E-state index in [4.69, 9.17) is 0 Å². The molecule has 28 heavy (non-hydrogen) atoms. The Morgan fingerprint density at radius 3 is 2.43 bits per heavy atom. The second-order valence-corrected chi connectivity index (χ2v) is 8.95. The number of nitro benzene ring substituents is 1. The van der Waals surface area contributed by atoms with Crippen molar-refractivity contribution in [2.45, 2.75) is 38.5 Å². The third kappa shape index (κ3) is 3.45. The lowest BCUT2D eigenvalue weighted by Gasteiger charge is -2.29. The fraction of sp³-hybridized carbons (Fsp3) is 0.444. The summed E-state index contributed by atoms with van der Waals surface area (Å²) in [5.41, 5.74) is -0.148. The van der Waals surface area contributed by atoms with Gasteiger partial charge >= 0.3 is 0 Å². The summed E-state index contributed by atoms with van der Waals surface area (Å²) in [4.78, 5) is 23.5. The van der Waals surface area contributed by atoms with Crippen LogP contribution in [-0.2, 0) is 10.0 Å². The zero-order chi connectivity index (χ0) is 20.6. The number of sulfonamides is 1. The van der Waals surface area contributed by atoms with Crippen molar-refractivity contribution in [3.05, 3.63) is 51.3 Å². The number of aromatic nitrogens is 2. The van der Waals surface area contributed by atoms with Crippen molar-refractivity contribution in [1.29, 1.82) is 0 Å². The minimum Gasteiger partial charge on any atom is -0.266 e. The van der Waals surface area contributed by atoms with Crippen LogP contribution in [0.2, 0.25) is 0 Å². The quantitative estimate of drug-likeness (QED) is 0.569. The molecule has 0 unspecified atom stereocenters. The van der Waals surface area contributed by atoms with E-state index in [2.05, 4.69) is 12.0 Å². The van der Waals surface area contributed by atoms with E-state index in [0.29, 0.717) is 19.0 Å². The molecule has 0 saturated carbocycles. The number of aryl methyl sites for hydroxylation is 1. The van der Waals surface area contributed by atoms with Gasteiger partial charge in [0.1, 0.15) is 10.5 Å². The molecule has 0 atom stereocenters. The highest BCUT2D eigenvalue weighted by atomic mass is 32.2. The first kappa shape index (κ1) is 20.2. The van der Waals surface area contributed by atoms with Crippen molar-refractivity contribution in [1.82, 2.24) is 14.1 Å². The van der Waals surface area contributed by atoms with Crippen molar-refractivity contribution in [2.24, 2.45) is 5.92 Å². The van der Waals surface area contributed by atoms with E-state index >= 15 is 0 Å². The van der Waals surface area contributed by atoms with Crippen molar-refractivity contribution in [3.63, 3.8) is 0 Å². The number of hydrogen-bond acceptors (Lipinski definition) is 6. The fourth-order valence-electron chi connectivity index (χ4n) is 3.48. The van der Waals surface area contributed by atoms with Crippen molar-refractivity contribution < 1.29 is 18.1 Å². The molecule has 1 aliphatic heterocycles. The summed E-state index contributed by atoms with van der Waals surface area (Å²) in [7, 11) is -3.80. The van der Waals surface area contributed by atoms with Crippen LogP contribution in [0.1, 0.15) is 41.5 Å². The zero-order valence-corrected chi connectivity index (χ0v) is 16.8. The summed E-state index contributed by atoms with van der Waals surface area (Å²) >= 11 is 0. The number of nitro groups is 1. The maximum Gasteiger partial charge on any atom is 0.285 e. The lowest BCUT2D eigenvalue weighted by molar-refractivity contribution is -0.385. The second-order valence-electron chi connectivity index (χ2n) is 7.08. The van der Waals surface area contributed by atoms with E-state index in [1.807, 2.05) is 0 Å². The fourth-order valence-corrected chi connectivity index (χ4v) is 5.31. The summed E-state index contributed by atoms with van der Waals surface area (Å²) in [5, 5.41) is 15.3. The Kier molecular flexibility index (Phi) is 5.35. The van der Waals surface area contributed by atoms with Crippen LogP contribution < -0.4 is 0 Å². The SMILES string of the molecule is Cc1nn(C(=O)c2ccccc2[N+](=O)[O-])c(C)c1S(=O)(=O)N1CCC(C)CC1. The van der Waals surface area contributed by atoms with Gasteiger partial charge in [0.2, 0.25) is 10.0 Å². The average Bonchev–Trinajstić information content (AvgIpc) is 2.96. The number of hydrogen-bond donors (Lipinski definition) is 0. The van der Waals surface area contributed by atoms with Crippen LogP contribution in [0.5, 0.6) is 0 Å². The van der Waals surface area contributed by atoms with Crippen LogP contribution in [0.4, 0.5) is 5.69 Å². The molecule has 0 spiro atoms. The van der Waals surface area contributed by atoms with Gasteiger partial charge in [-0.15, -0.1) is 0 Å². The largest absolute Gasteiger partial charge is 0.285 e. The molecule has 0 bridgehead atoms. The molecule has 3 rings (SSSR count). The molecular weight excluding hydrogens is 384 g/mol. The van der Waals surface area contributed by atoms with Crippen LogP contribution in [0.25, 0.3) is 0 Å². The monoisotopic (exact) mass is 406 g/mol. The van der Waals surface area contributed by atoms with Gasteiger partial charge in [-0.2, -0.15) is 14.1 Å². The molecule has 2 aromatic rings. The third-order valence-electron chi connectivity index (χ3n) is 5.09. The molecule has 1 aliphatic rings. The standard InChI is InChI=1S/C18H22N4O5S/c1-12-8-10-20(11-9-12)28(26,27)17-13(2)19-21(14(17)3)18(23)15-6-4-5-7-16(15)22(24)25/h4-7,12H,8-11H2,1-3H3. The number of carbonyl (C=O) groups is 1. The number of carbonyl (C=O) groups excluding carboxylic acids is 1. The Bertz CT molecular complexity index is 1040. The van der Waals surface area contributed by atoms with Gasteiger partial charge in [-0.25, -0.2) is 8.42 Å². The van der Waals surface area contributed by atoms with Crippen molar-refractivity contribution in [3.8, 4) is 0 Å². The maximum atomic E-state index is 13.1. The Labute approximate surface area is 163 Å². The Morgan fingerprint density at radius 1 is 1.21 bits per heavy atom. The highest BCUT2D eigenvalue weighted by Crippen LogP contribution is 2.28. The van der Waals surface area contributed by atoms with E-state index in [9.17, 15) is 23.3 Å². The first-order valence-electron chi connectivity index (χ1n) is 8.99. The van der Waals surface area contributed by atoms with E-state index in [-0.39, 0.29) is 27.5 Å². The molecule has 150 valence electrons. The van der Waals surface area contributed by atoms with Crippen LogP contribution in [0.3, 0.4) is 0 Å². The Morgan fingerprint density at radius 2 is 1.82 bits per heavy atom. The second kappa shape index (κ2) is 7.44. The summed E-state index contributed by atoms with van der Waals surface area (Å²) in [6, 6.07) is 5.53. The van der Waals surface area contributed by atoms with E-state index in [1.165, 1.54) is 42.4 Å². The number of nitrogens with zero attached hydrogens (tertiary/aromatic N) is 4. The lowest BCUT2D eigenvalue weighted by Crippen LogP contribution is -2.38. The number of para-hydroxylation sites is 1. The normalized spacial score (nSPS) is 16.2. The van der Waals surface area contributed by atoms with Crippen molar-refractivity contribution in [2.75, 3.05) is 13.1 Å². The molecule has 2 heterocycles. The van der Waals surface area contributed by atoms with Gasteiger partial charge in [0.25, 0.3) is 11.6 Å². The molecule has 1 aromatic heterocycles. The van der Waals surface area contributed by atoms with Gasteiger partial charge in [-0.05, 0) is 38.7 Å². The molecule has 9 nitrogen and oxygen atoms in total. The minimum absolute atomic E-state index is 0.00557. The first-order valence-corrected chi connectivity index (χ1v) is 10.4. The average molecular weight is 406 g/mol. The summed E-state index contributed by atoms with van der Waals surface area (Å²) in [6.45, 7) is 5.95. The zero-order valence-electron chi connectivity index (χ0n) is 16.0. The molecule has 0 amide bonds. The summed E-state index contributed by atoms with van der Waals surface area (Å²) in [6.07, 6.45) is 1.56. The number of rotatable bonds is 4. The van der Waals surface area contributed by atoms with Crippen LogP contribution in [-0.4, -0.2) is 46.4 Å². The molecule has 1 saturated heterocycles. The van der Waals surface area contributed by atoms with E-state index < -0.39 is 20.9 Å². The van der Waals surface area contributed by atoms with E-state index in [0.717, 1.165) is 17.5 Å². The molecule has 10 heteroatoms. The molecule has 1 aromatic carbocycles. The topological polar surface area (TPSA) is 115 Å². The van der Waals surface area contributed by atoms with E-state index in [1.54, 1.807) is 0 Å². The number of piperidine rings is 1. The molecule has 0 radical (unpaired) electrons. The molecule has 0 N–H and O–H groups in total. The summed E-state index contributed by atoms with van der Waals surface area (Å²) < 4.78 is 28.6.